The molecule has 16 heavy (non-hydrogen) atoms. The highest BCUT2D eigenvalue weighted by atomic mass is 79.9. The normalized spacial score (nSPS) is 12.5. The fourth-order valence-corrected chi connectivity index (χ4v) is 1.80. The number of rotatable bonds is 4. The largest absolute Gasteiger partial charge is 0.274 e. The molecule has 1 unspecified atom stereocenters. The van der Waals surface area contributed by atoms with Crippen LogP contribution < -0.4 is 0 Å². The Morgan fingerprint density at radius 3 is 2.75 bits per heavy atom. The minimum Gasteiger partial charge on any atom is -0.258 e. The molecule has 0 aliphatic rings. The van der Waals surface area contributed by atoms with Crippen molar-refractivity contribution in [1.29, 1.82) is 0 Å². The van der Waals surface area contributed by atoms with Crippen molar-refractivity contribution in [3.63, 3.8) is 0 Å². The zero-order valence-corrected chi connectivity index (χ0v) is 10.9. The molecule has 3 nitrogen and oxygen atoms in total. The second-order valence-electron chi connectivity index (χ2n) is 3.36. The van der Waals surface area contributed by atoms with E-state index in [2.05, 4.69) is 15.9 Å². The highest BCUT2D eigenvalue weighted by molar-refractivity contribution is 9.09. The summed E-state index contributed by atoms with van der Waals surface area (Å²) < 4.78 is 13.2. The van der Waals surface area contributed by atoms with Gasteiger partial charge < -0.3 is 0 Å². The standard InChI is InChI=1S/C10H10BrClFNO2/c1-2-7(11)3-6-4-9(13)8(12)5-10(6)14(15)16/h4-5,7H,2-3H2,1H3. The molecule has 1 rings (SSSR count). The average molecular weight is 311 g/mol. The van der Waals surface area contributed by atoms with Gasteiger partial charge in [0.15, 0.2) is 0 Å². The Labute approximate surface area is 106 Å². The summed E-state index contributed by atoms with van der Waals surface area (Å²) in [7, 11) is 0. The van der Waals surface area contributed by atoms with E-state index in [4.69, 9.17) is 11.6 Å². The van der Waals surface area contributed by atoms with Gasteiger partial charge in [0.1, 0.15) is 5.82 Å². The van der Waals surface area contributed by atoms with Crippen molar-refractivity contribution in [2.45, 2.75) is 24.6 Å². The van der Waals surface area contributed by atoms with Crippen LogP contribution in [-0.4, -0.2) is 9.75 Å². The van der Waals surface area contributed by atoms with Gasteiger partial charge in [0.2, 0.25) is 0 Å². The van der Waals surface area contributed by atoms with Crippen LogP contribution in [-0.2, 0) is 6.42 Å². The van der Waals surface area contributed by atoms with E-state index in [9.17, 15) is 14.5 Å². The molecule has 0 aliphatic heterocycles. The Bertz CT molecular complexity index is 414. The number of nitrogens with zero attached hydrogens (tertiary/aromatic N) is 1. The molecule has 0 saturated heterocycles. The van der Waals surface area contributed by atoms with Crippen molar-refractivity contribution in [1.82, 2.24) is 0 Å². The highest BCUT2D eigenvalue weighted by Gasteiger charge is 2.19. The zero-order chi connectivity index (χ0) is 12.3. The number of nitro benzene ring substituents is 1. The lowest BCUT2D eigenvalue weighted by atomic mass is 10.1. The van der Waals surface area contributed by atoms with Crippen LogP contribution in [0.3, 0.4) is 0 Å². The van der Waals surface area contributed by atoms with Crippen LogP contribution in [0, 0.1) is 15.9 Å². The number of alkyl halides is 1. The van der Waals surface area contributed by atoms with Crippen molar-refractivity contribution in [3.05, 3.63) is 38.7 Å². The molecule has 0 aromatic heterocycles. The van der Waals surface area contributed by atoms with Gasteiger partial charge >= 0.3 is 0 Å². The van der Waals surface area contributed by atoms with Crippen LogP contribution in [0.25, 0.3) is 0 Å². The molecule has 0 spiro atoms. The number of nitro groups is 1. The van der Waals surface area contributed by atoms with E-state index in [0.717, 1.165) is 18.6 Å². The van der Waals surface area contributed by atoms with Crippen molar-refractivity contribution >= 4 is 33.2 Å². The van der Waals surface area contributed by atoms with Gasteiger partial charge in [0.05, 0.1) is 9.95 Å². The van der Waals surface area contributed by atoms with Gasteiger partial charge in [-0.25, -0.2) is 4.39 Å². The highest BCUT2D eigenvalue weighted by Crippen LogP contribution is 2.28. The Morgan fingerprint density at radius 2 is 2.25 bits per heavy atom. The van der Waals surface area contributed by atoms with Gasteiger partial charge in [0, 0.05) is 16.5 Å². The first-order chi connectivity index (χ1) is 7.45. The summed E-state index contributed by atoms with van der Waals surface area (Å²) in [4.78, 5) is 10.3. The molecule has 0 N–H and O–H groups in total. The van der Waals surface area contributed by atoms with E-state index >= 15 is 0 Å². The number of halogens is 3. The lowest BCUT2D eigenvalue weighted by molar-refractivity contribution is -0.385. The average Bonchev–Trinajstić information content (AvgIpc) is 2.22. The van der Waals surface area contributed by atoms with Crippen LogP contribution >= 0.6 is 27.5 Å². The van der Waals surface area contributed by atoms with E-state index in [1.807, 2.05) is 6.92 Å². The maximum atomic E-state index is 13.2. The fourth-order valence-electron chi connectivity index (χ4n) is 1.29. The predicted octanol–water partition coefficient (Wildman–Crippen LogP) is 4.10. The SMILES string of the molecule is CCC(Br)Cc1cc(F)c(Cl)cc1[N+](=O)[O-]. The van der Waals surface area contributed by atoms with Gasteiger partial charge in [-0.2, -0.15) is 0 Å². The third kappa shape index (κ3) is 3.15. The molecule has 0 heterocycles. The monoisotopic (exact) mass is 309 g/mol. The van der Waals surface area contributed by atoms with Gasteiger partial charge in [-0.15, -0.1) is 0 Å². The number of hydrogen-bond acceptors (Lipinski definition) is 2. The van der Waals surface area contributed by atoms with E-state index in [-0.39, 0.29) is 15.5 Å². The van der Waals surface area contributed by atoms with Crippen LogP contribution in [0.15, 0.2) is 12.1 Å². The molecule has 0 bridgehead atoms. The Balaban J connectivity index is 3.14. The summed E-state index contributed by atoms with van der Waals surface area (Å²) in [6, 6.07) is 2.19. The van der Waals surface area contributed by atoms with E-state index in [1.165, 1.54) is 0 Å². The number of benzene rings is 1. The maximum Gasteiger partial charge on any atom is 0.274 e. The van der Waals surface area contributed by atoms with Crippen LogP contribution in [0.5, 0.6) is 0 Å². The topological polar surface area (TPSA) is 43.1 Å². The van der Waals surface area contributed by atoms with Crippen molar-refractivity contribution in [3.8, 4) is 0 Å². The van der Waals surface area contributed by atoms with Crippen LogP contribution in [0.4, 0.5) is 10.1 Å². The molecule has 88 valence electrons. The van der Waals surface area contributed by atoms with Gasteiger partial charge in [-0.1, -0.05) is 34.5 Å². The second kappa shape index (κ2) is 5.59. The first-order valence-electron chi connectivity index (χ1n) is 4.72. The molecule has 0 radical (unpaired) electrons. The first-order valence-corrected chi connectivity index (χ1v) is 6.01. The van der Waals surface area contributed by atoms with Gasteiger partial charge in [0.25, 0.3) is 5.69 Å². The summed E-state index contributed by atoms with van der Waals surface area (Å²) in [6.45, 7) is 1.94. The molecule has 1 atom stereocenters. The molecule has 1 aromatic carbocycles. The molecule has 6 heteroatoms. The first kappa shape index (κ1) is 13.4. The van der Waals surface area contributed by atoms with Crippen molar-refractivity contribution in [2.75, 3.05) is 0 Å². The van der Waals surface area contributed by atoms with Gasteiger partial charge in [-0.3, -0.25) is 10.1 Å². The Hall–Kier alpha value is -0.680. The van der Waals surface area contributed by atoms with E-state index in [0.29, 0.717) is 12.0 Å². The molecule has 1 aromatic rings. The smallest absolute Gasteiger partial charge is 0.258 e. The fraction of sp³-hybridized carbons (Fsp3) is 0.400. The summed E-state index contributed by atoms with van der Waals surface area (Å²) in [5, 5.41) is 10.5. The molecular weight excluding hydrogens is 300 g/mol. The minimum absolute atomic E-state index is 0.0896. The quantitative estimate of drug-likeness (QED) is 0.477. The maximum absolute atomic E-state index is 13.2. The molecule has 0 amide bonds. The summed E-state index contributed by atoms with van der Waals surface area (Å²) in [6.07, 6.45) is 1.21. The van der Waals surface area contributed by atoms with Crippen molar-refractivity contribution < 1.29 is 9.31 Å². The molecule has 0 aliphatic carbocycles. The zero-order valence-electron chi connectivity index (χ0n) is 8.54. The second-order valence-corrected chi connectivity index (χ2v) is 5.06. The lowest BCUT2D eigenvalue weighted by Crippen LogP contribution is -2.04. The Kier molecular flexibility index (Phi) is 4.68. The molecule has 0 saturated carbocycles. The lowest BCUT2D eigenvalue weighted by Gasteiger charge is -2.08. The third-order valence-electron chi connectivity index (χ3n) is 2.20. The Morgan fingerprint density at radius 1 is 1.62 bits per heavy atom. The summed E-state index contributed by atoms with van der Waals surface area (Å²) in [5.74, 6) is -0.627. The third-order valence-corrected chi connectivity index (χ3v) is 3.46. The summed E-state index contributed by atoms with van der Waals surface area (Å²) in [5.41, 5.74) is 0.222. The summed E-state index contributed by atoms with van der Waals surface area (Å²) >= 11 is 8.87. The molecular formula is C10H10BrClFNO2. The van der Waals surface area contributed by atoms with Gasteiger partial charge in [-0.05, 0) is 18.9 Å². The molecule has 0 fully saturated rings. The van der Waals surface area contributed by atoms with Crippen LogP contribution in [0.1, 0.15) is 18.9 Å². The van der Waals surface area contributed by atoms with E-state index in [1.54, 1.807) is 0 Å². The number of hydrogen-bond donors (Lipinski definition) is 0. The van der Waals surface area contributed by atoms with E-state index < -0.39 is 10.7 Å². The van der Waals surface area contributed by atoms with Crippen molar-refractivity contribution in [2.24, 2.45) is 0 Å². The van der Waals surface area contributed by atoms with Crippen LogP contribution in [0.2, 0.25) is 5.02 Å². The minimum atomic E-state index is -0.627. The predicted molar refractivity (Wildman–Crippen MR) is 64.8 cm³/mol.